The molecule has 0 radical (unpaired) electrons. The van der Waals surface area contributed by atoms with Gasteiger partial charge in [0, 0.05) is 0 Å². The Labute approximate surface area is 79.3 Å². The van der Waals surface area contributed by atoms with Gasteiger partial charge in [0.1, 0.15) is 5.75 Å². The molecule has 3 nitrogen and oxygen atoms in total. The van der Waals surface area contributed by atoms with Gasteiger partial charge >= 0.3 is 0 Å². The lowest BCUT2D eigenvalue weighted by Crippen LogP contribution is -2.23. The summed E-state index contributed by atoms with van der Waals surface area (Å²) in [6.07, 6.45) is 0.672. The van der Waals surface area contributed by atoms with Crippen LogP contribution >= 0.6 is 12.2 Å². The Morgan fingerprint density at radius 2 is 2.00 bits per heavy atom. The highest BCUT2D eigenvalue weighted by Crippen LogP contribution is 2.03. The fraction of sp³-hybridized carbons (Fsp3) is 0.857. The van der Waals surface area contributed by atoms with Crippen molar-refractivity contribution < 1.29 is 8.42 Å². The minimum Gasteiger partial charge on any atom is -0.392 e. The number of hydrogen-bond acceptors (Lipinski definition) is 3. The molecular formula is C7H15NO2S2. The average molecular weight is 209 g/mol. The van der Waals surface area contributed by atoms with Crippen LogP contribution in [0.25, 0.3) is 0 Å². The van der Waals surface area contributed by atoms with E-state index in [4.69, 9.17) is 5.73 Å². The molecule has 12 heavy (non-hydrogen) atoms. The summed E-state index contributed by atoms with van der Waals surface area (Å²) in [5.41, 5.74) is 5.14. The molecule has 0 aliphatic carbocycles. The Morgan fingerprint density at radius 3 is 2.33 bits per heavy atom. The van der Waals surface area contributed by atoms with Gasteiger partial charge in [-0.05, 0) is 12.3 Å². The van der Waals surface area contributed by atoms with Gasteiger partial charge in [-0.25, -0.2) is 8.42 Å². The molecule has 0 unspecified atom stereocenters. The third-order valence-corrected chi connectivity index (χ3v) is 3.30. The Balaban J connectivity index is 3.98. The van der Waals surface area contributed by atoms with Crippen molar-refractivity contribution in [2.24, 2.45) is 11.7 Å². The fourth-order valence-corrected chi connectivity index (χ4v) is 2.65. The van der Waals surface area contributed by atoms with Crippen LogP contribution in [0.1, 0.15) is 20.3 Å². The molecule has 5 heteroatoms. The third-order valence-electron chi connectivity index (χ3n) is 1.37. The van der Waals surface area contributed by atoms with Gasteiger partial charge in [0.05, 0.1) is 10.7 Å². The average Bonchev–Trinajstić information content (AvgIpc) is 1.81. The summed E-state index contributed by atoms with van der Waals surface area (Å²) in [6.45, 7) is 3.96. The monoisotopic (exact) mass is 209 g/mol. The van der Waals surface area contributed by atoms with E-state index >= 15 is 0 Å². The van der Waals surface area contributed by atoms with Crippen LogP contribution in [-0.4, -0.2) is 24.9 Å². The SMILES string of the molecule is CC(C)CCS(=O)(=O)CC(N)=S. The first kappa shape index (κ1) is 11.8. The van der Waals surface area contributed by atoms with Crippen LogP contribution in [0.3, 0.4) is 0 Å². The van der Waals surface area contributed by atoms with Gasteiger partial charge in [0.25, 0.3) is 0 Å². The van der Waals surface area contributed by atoms with Crippen molar-refractivity contribution in [3.63, 3.8) is 0 Å². The van der Waals surface area contributed by atoms with E-state index in [1.165, 1.54) is 0 Å². The van der Waals surface area contributed by atoms with E-state index in [2.05, 4.69) is 12.2 Å². The van der Waals surface area contributed by atoms with Crippen molar-refractivity contribution in [2.75, 3.05) is 11.5 Å². The normalized spacial score (nSPS) is 11.9. The van der Waals surface area contributed by atoms with Crippen LogP contribution < -0.4 is 5.73 Å². The number of nitrogens with two attached hydrogens (primary N) is 1. The molecule has 0 heterocycles. The van der Waals surface area contributed by atoms with Crippen molar-refractivity contribution in [2.45, 2.75) is 20.3 Å². The van der Waals surface area contributed by atoms with Crippen LogP contribution in [0, 0.1) is 5.92 Å². The standard InChI is InChI=1S/C7H15NO2S2/c1-6(2)3-4-12(9,10)5-7(8)11/h6H,3-5H2,1-2H3,(H2,8,11). The molecule has 0 rings (SSSR count). The van der Waals surface area contributed by atoms with E-state index in [1.54, 1.807) is 0 Å². The molecule has 0 aromatic heterocycles. The molecule has 2 N–H and O–H groups in total. The van der Waals surface area contributed by atoms with Crippen molar-refractivity contribution in [3.8, 4) is 0 Å². The molecular weight excluding hydrogens is 194 g/mol. The molecule has 0 amide bonds. The van der Waals surface area contributed by atoms with Gasteiger partial charge in [0.15, 0.2) is 9.84 Å². The zero-order chi connectivity index (χ0) is 9.78. The molecule has 0 spiro atoms. The van der Waals surface area contributed by atoms with Gasteiger partial charge in [-0.2, -0.15) is 0 Å². The zero-order valence-corrected chi connectivity index (χ0v) is 9.04. The van der Waals surface area contributed by atoms with E-state index in [1.807, 2.05) is 13.8 Å². The van der Waals surface area contributed by atoms with Crippen molar-refractivity contribution in [3.05, 3.63) is 0 Å². The van der Waals surface area contributed by atoms with E-state index in [9.17, 15) is 8.42 Å². The minimum absolute atomic E-state index is 0.0544. The first-order valence-electron chi connectivity index (χ1n) is 3.82. The fourth-order valence-electron chi connectivity index (χ4n) is 0.704. The second-order valence-corrected chi connectivity index (χ2v) is 5.95. The lowest BCUT2D eigenvalue weighted by molar-refractivity contribution is 0.577. The minimum atomic E-state index is -3.04. The van der Waals surface area contributed by atoms with Crippen molar-refractivity contribution >= 4 is 27.0 Å². The Bertz CT molecular complexity index is 244. The Hall–Kier alpha value is -0.160. The molecule has 72 valence electrons. The van der Waals surface area contributed by atoms with Crippen molar-refractivity contribution in [1.82, 2.24) is 0 Å². The molecule has 0 aromatic carbocycles. The Kier molecular flexibility index (Phi) is 4.70. The summed E-state index contributed by atoms with van der Waals surface area (Å²) in [4.78, 5) is 0.0544. The van der Waals surface area contributed by atoms with Crippen LogP contribution in [-0.2, 0) is 9.84 Å². The number of hydrogen-bond donors (Lipinski definition) is 1. The van der Waals surface area contributed by atoms with Gasteiger partial charge in [-0.15, -0.1) is 0 Å². The largest absolute Gasteiger partial charge is 0.392 e. The Morgan fingerprint density at radius 1 is 1.50 bits per heavy atom. The maximum Gasteiger partial charge on any atom is 0.156 e. The van der Waals surface area contributed by atoms with Crippen LogP contribution in [0.15, 0.2) is 0 Å². The molecule has 0 saturated heterocycles. The molecule has 0 saturated carbocycles. The summed E-state index contributed by atoms with van der Waals surface area (Å²) in [5, 5.41) is 0. The highest BCUT2D eigenvalue weighted by Gasteiger charge is 2.12. The maximum atomic E-state index is 11.2. The van der Waals surface area contributed by atoms with Gasteiger partial charge in [0.2, 0.25) is 0 Å². The first-order chi connectivity index (χ1) is 5.33. The molecule has 0 aliphatic heterocycles. The number of thiocarbonyl (C=S) groups is 1. The van der Waals surface area contributed by atoms with E-state index in [0.29, 0.717) is 12.3 Å². The lowest BCUT2D eigenvalue weighted by Gasteiger charge is -2.04. The van der Waals surface area contributed by atoms with Gasteiger partial charge in [-0.3, -0.25) is 0 Å². The topological polar surface area (TPSA) is 60.2 Å². The molecule has 0 aromatic rings. The summed E-state index contributed by atoms with van der Waals surface area (Å²) < 4.78 is 22.4. The summed E-state index contributed by atoms with van der Waals surface area (Å²) in [7, 11) is -3.04. The third kappa shape index (κ3) is 6.54. The van der Waals surface area contributed by atoms with E-state index in [0.717, 1.165) is 0 Å². The number of sulfone groups is 1. The van der Waals surface area contributed by atoms with Crippen molar-refractivity contribution in [1.29, 1.82) is 0 Å². The molecule has 0 aliphatic rings. The zero-order valence-electron chi connectivity index (χ0n) is 7.41. The molecule has 0 bridgehead atoms. The maximum absolute atomic E-state index is 11.2. The first-order valence-corrected chi connectivity index (χ1v) is 6.05. The predicted molar refractivity (Wildman–Crippen MR) is 54.9 cm³/mol. The highest BCUT2D eigenvalue weighted by molar-refractivity contribution is 7.93. The summed E-state index contributed by atoms with van der Waals surface area (Å²) >= 11 is 4.52. The van der Waals surface area contributed by atoms with E-state index < -0.39 is 9.84 Å². The second kappa shape index (κ2) is 4.77. The van der Waals surface area contributed by atoms with E-state index in [-0.39, 0.29) is 16.5 Å². The smallest absolute Gasteiger partial charge is 0.156 e. The highest BCUT2D eigenvalue weighted by atomic mass is 32.2. The number of rotatable bonds is 5. The van der Waals surface area contributed by atoms with Crippen LogP contribution in [0.2, 0.25) is 0 Å². The lowest BCUT2D eigenvalue weighted by atomic mass is 10.2. The molecule has 0 fully saturated rings. The van der Waals surface area contributed by atoms with Gasteiger partial charge in [-0.1, -0.05) is 26.1 Å². The summed E-state index contributed by atoms with van der Waals surface area (Å²) in [5.74, 6) is 0.419. The van der Waals surface area contributed by atoms with Crippen LogP contribution in [0.5, 0.6) is 0 Å². The summed E-state index contributed by atoms with van der Waals surface area (Å²) in [6, 6.07) is 0. The van der Waals surface area contributed by atoms with Crippen LogP contribution in [0.4, 0.5) is 0 Å². The quantitative estimate of drug-likeness (QED) is 0.678. The molecule has 0 atom stereocenters. The van der Waals surface area contributed by atoms with Gasteiger partial charge < -0.3 is 5.73 Å². The second-order valence-electron chi connectivity index (χ2n) is 3.24. The predicted octanol–water partition coefficient (Wildman–Crippen LogP) is 0.733.